The molecule has 0 fully saturated rings. The molecular weight excluding hydrogens is 477 g/mol. The van der Waals surface area contributed by atoms with E-state index in [2.05, 4.69) is 25.4 Å². The lowest BCUT2D eigenvalue weighted by molar-refractivity contribution is 0.625. The second kappa shape index (κ2) is 8.65. The molecular formula is C26H20FN7OS. The molecule has 1 N–H and O–H groups in total. The van der Waals surface area contributed by atoms with Crippen LogP contribution in [-0.2, 0) is 7.05 Å². The summed E-state index contributed by atoms with van der Waals surface area (Å²) in [7, 11) is 1.83. The molecule has 1 unspecified atom stereocenters. The SMILES string of the molecule is CC(Nc1ncnc2scnc12)c1cc2cccc(-c3cnn(C)c3)c2c(=O)n1-c1cccc(F)c1. The maximum Gasteiger partial charge on any atom is 0.263 e. The molecule has 0 saturated heterocycles. The molecule has 2 aromatic carbocycles. The van der Waals surface area contributed by atoms with Gasteiger partial charge in [0, 0.05) is 24.5 Å². The standard InChI is InChI=1S/C26H20FN7OS/c1-15(32-24-23-25(29-13-28-24)36-14-30-23)21-9-16-5-3-8-20(17-11-31-33(2)12-17)22(16)26(35)34(21)19-7-4-6-18(27)10-19/h3-15H,1-2H3,(H,28,29,32). The third-order valence-electron chi connectivity index (χ3n) is 6.09. The number of anilines is 1. The van der Waals surface area contributed by atoms with Crippen molar-refractivity contribution < 1.29 is 4.39 Å². The maximum absolute atomic E-state index is 14.3. The Morgan fingerprint density at radius 1 is 1.08 bits per heavy atom. The van der Waals surface area contributed by atoms with Crippen molar-refractivity contribution in [3.63, 3.8) is 0 Å². The largest absolute Gasteiger partial charge is 0.360 e. The monoisotopic (exact) mass is 497 g/mol. The first-order valence-electron chi connectivity index (χ1n) is 11.2. The highest BCUT2D eigenvalue weighted by Crippen LogP contribution is 2.31. The summed E-state index contributed by atoms with van der Waals surface area (Å²) < 4.78 is 17.6. The van der Waals surface area contributed by atoms with Crippen LogP contribution in [0.2, 0.25) is 0 Å². The van der Waals surface area contributed by atoms with Gasteiger partial charge in [-0.1, -0.05) is 24.3 Å². The molecule has 6 rings (SSSR count). The number of aromatic nitrogens is 6. The highest BCUT2D eigenvalue weighted by atomic mass is 32.1. The summed E-state index contributed by atoms with van der Waals surface area (Å²) in [6.45, 7) is 1.93. The second-order valence-electron chi connectivity index (χ2n) is 8.46. The van der Waals surface area contributed by atoms with Gasteiger partial charge < -0.3 is 5.32 Å². The molecule has 8 nitrogen and oxygen atoms in total. The fourth-order valence-electron chi connectivity index (χ4n) is 4.46. The lowest BCUT2D eigenvalue weighted by Gasteiger charge is -2.22. The third kappa shape index (κ3) is 3.72. The smallest absolute Gasteiger partial charge is 0.263 e. The van der Waals surface area contributed by atoms with Crippen LogP contribution in [0.3, 0.4) is 0 Å². The Labute approximate surface area is 208 Å². The quantitative estimate of drug-likeness (QED) is 0.356. The number of pyridine rings is 1. The van der Waals surface area contributed by atoms with Crippen LogP contribution in [0.5, 0.6) is 0 Å². The topological polar surface area (TPSA) is 90.5 Å². The lowest BCUT2D eigenvalue weighted by atomic mass is 9.99. The minimum atomic E-state index is -0.424. The van der Waals surface area contributed by atoms with Crippen molar-refractivity contribution in [1.29, 1.82) is 0 Å². The Kier molecular flexibility index (Phi) is 5.30. The van der Waals surface area contributed by atoms with E-state index in [9.17, 15) is 9.18 Å². The number of thiazole rings is 1. The molecule has 0 spiro atoms. The predicted octanol–water partition coefficient (Wildman–Crippen LogP) is 5.10. The number of fused-ring (bicyclic) bond motifs is 2. The molecule has 0 aliphatic rings. The van der Waals surface area contributed by atoms with Crippen LogP contribution < -0.4 is 10.9 Å². The van der Waals surface area contributed by atoms with Gasteiger partial charge in [-0.05, 0) is 42.1 Å². The van der Waals surface area contributed by atoms with E-state index in [0.29, 0.717) is 28.1 Å². The van der Waals surface area contributed by atoms with Crippen molar-refractivity contribution in [1.82, 2.24) is 29.3 Å². The minimum Gasteiger partial charge on any atom is -0.360 e. The van der Waals surface area contributed by atoms with Gasteiger partial charge in [0.1, 0.15) is 22.5 Å². The Hall–Kier alpha value is -4.44. The van der Waals surface area contributed by atoms with E-state index >= 15 is 0 Å². The molecule has 6 aromatic rings. The number of nitrogens with one attached hydrogen (secondary N) is 1. The first-order chi connectivity index (χ1) is 17.5. The Bertz CT molecular complexity index is 1810. The van der Waals surface area contributed by atoms with Crippen LogP contribution in [-0.4, -0.2) is 29.3 Å². The molecule has 0 amide bonds. The molecule has 10 heteroatoms. The van der Waals surface area contributed by atoms with Crippen molar-refractivity contribution in [3.05, 3.63) is 94.6 Å². The molecule has 0 aliphatic heterocycles. The molecule has 178 valence electrons. The second-order valence-corrected chi connectivity index (χ2v) is 9.29. The molecule has 1 atom stereocenters. The lowest BCUT2D eigenvalue weighted by Crippen LogP contribution is -2.26. The summed E-state index contributed by atoms with van der Waals surface area (Å²) in [5.41, 5.74) is 4.82. The molecule has 4 heterocycles. The van der Waals surface area contributed by atoms with Gasteiger partial charge in [0.25, 0.3) is 5.56 Å². The highest BCUT2D eigenvalue weighted by Gasteiger charge is 2.20. The van der Waals surface area contributed by atoms with Gasteiger partial charge in [-0.15, -0.1) is 11.3 Å². The highest BCUT2D eigenvalue weighted by molar-refractivity contribution is 7.16. The van der Waals surface area contributed by atoms with E-state index in [-0.39, 0.29) is 11.6 Å². The van der Waals surface area contributed by atoms with E-state index in [4.69, 9.17) is 0 Å². The van der Waals surface area contributed by atoms with Crippen molar-refractivity contribution in [3.8, 4) is 16.8 Å². The van der Waals surface area contributed by atoms with E-state index in [1.165, 1.54) is 29.8 Å². The minimum absolute atomic E-state index is 0.248. The van der Waals surface area contributed by atoms with Gasteiger partial charge in [-0.3, -0.25) is 14.0 Å². The number of rotatable bonds is 5. The van der Waals surface area contributed by atoms with Crippen molar-refractivity contribution in [2.24, 2.45) is 7.05 Å². The van der Waals surface area contributed by atoms with Gasteiger partial charge in [-0.2, -0.15) is 5.10 Å². The summed E-state index contributed by atoms with van der Waals surface area (Å²) >= 11 is 1.43. The Balaban J connectivity index is 1.59. The fourth-order valence-corrected chi connectivity index (χ4v) is 5.09. The Morgan fingerprint density at radius 2 is 1.94 bits per heavy atom. The van der Waals surface area contributed by atoms with Crippen LogP contribution >= 0.6 is 11.3 Å². The van der Waals surface area contributed by atoms with Gasteiger partial charge in [0.15, 0.2) is 5.82 Å². The molecule has 4 aromatic heterocycles. The molecule has 0 saturated carbocycles. The Morgan fingerprint density at radius 3 is 2.75 bits per heavy atom. The van der Waals surface area contributed by atoms with Crippen LogP contribution in [0.25, 0.3) is 37.9 Å². The first kappa shape index (κ1) is 22.1. The number of hydrogen-bond acceptors (Lipinski definition) is 7. The van der Waals surface area contributed by atoms with Crippen molar-refractivity contribution >= 4 is 38.3 Å². The molecule has 36 heavy (non-hydrogen) atoms. The molecule has 0 radical (unpaired) electrons. The summed E-state index contributed by atoms with van der Waals surface area (Å²) in [6.07, 6.45) is 5.08. The summed E-state index contributed by atoms with van der Waals surface area (Å²) in [4.78, 5) is 27.9. The van der Waals surface area contributed by atoms with E-state index < -0.39 is 5.82 Å². The van der Waals surface area contributed by atoms with Crippen LogP contribution in [0.1, 0.15) is 18.7 Å². The van der Waals surface area contributed by atoms with Gasteiger partial charge in [0.2, 0.25) is 0 Å². The summed E-state index contributed by atoms with van der Waals surface area (Å²) in [5, 5.41) is 8.96. The van der Waals surface area contributed by atoms with Gasteiger partial charge >= 0.3 is 0 Å². The number of nitrogens with zero attached hydrogens (tertiary/aromatic N) is 6. The van der Waals surface area contributed by atoms with E-state index in [1.807, 2.05) is 44.4 Å². The zero-order valence-corrected chi connectivity index (χ0v) is 20.2. The van der Waals surface area contributed by atoms with Crippen molar-refractivity contribution in [2.75, 3.05) is 5.32 Å². The number of halogens is 1. The number of aryl methyl sites for hydroxylation is 1. The fraction of sp³-hybridized carbons (Fsp3) is 0.115. The van der Waals surface area contributed by atoms with Crippen LogP contribution in [0, 0.1) is 5.82 Å². The van der Waals surface area contributed by atoms with Gasteiger partial charge in [-0.25, -0.2) is 19.3 Å². The predicted molar refractivity (Wildman–Crippen MR) is 139 cm³/mol. The first-order valence-corrected chi connectivity index (χ1v) is 12.1. The van der Waals surface area contributed by atoms with E-state index in [0.717, 1.165) is 21.3 Å². The number of benzene rings is 2. The zero-order chi connectivity index (χ0) is 24.8. The number of hydrogen-bond donors (Lipinski definition) is 1. The zero-order valence-electron chi connectivity index (χ0n) is 19.4. The average molecular weight is 498 g/mol. The summed E-state index contributed by atoms with van der Waals surface area (Å²) in [6, 6.07) is 13.4. The molecule has 0 aliphatic carbocycles. The van der Waals surface area contributed by atoms with Crippen LogP contribution in [0.15, 0.2) is 77.6 Å². The van der Waals surface area contributed by atoms with Crippen molar-refractivity contribution in [2.45, 2.75) is 13.0 Å². The third-order valence-corrected chi connectivity index (χ3v) is 6.82. The summed E-state index contributed by atoms with van der Waals surface area (Å²) in [5.74, 6) is 0.141. The molecule has 0 bridgehead atoms. The van der Waals surface area contributed by atoms with E-state index in [1.54, 1.807) is 33.1 Å². The van der Waals surface area contributed by atoms with Crippen LogP contribution in [0.4, 0.5) is 10.2 Å². The average Bonchev–Trinajstić information content (AvgIpc) is 3.53. The maximum atomic E-state index is 14.3. The normalized spacial score (nSPS) is 12.3. The van der Waals surface area contributed by atoms with Gasteiger partial charge in [0.05, 0.1) is 28.8 Å².